The molecule has 128 valence electrons. The maximum atomic E-state index is 11.9. The molecule has 22 heavy (non-hydrogen) atoms. The van der Waals surface area contributed by atoms with Gasteiger partial charge in [0, 0.05) is 31.8 Å². The van der Waals surface area contributed by atoms with Gasteiger partial charge in [-0.25, -0.2) is 0 Å². The van der Waals surface area contributed by atoms with Gasteiger partial charge in [-0.15, -0.1) is 0 Å². The van der Waals surface area contributed by atoms with Gasteiger partial charge in [-0.05, 0) is 25.7 Å². The number of ketones is 2. The van der Waals surface area contributed by atoms with Crippen LogP contribution >= 0.6 is 0 Å². The zero-order valence-corrected chi connectivity index (χ0v) is 14.8. The number of carbonyl (C=O) groups excluding carboxylic acids is 2. The van der Waals surface area contributed by atoms with Gasteiger partial charge < -0.3 is 0 Å². The van der Waals surface area contributed by atoms with Crippen molar-refractivity contribution < 1.29 is 9.59 Å². The minimum absolute atomic E-state index is 0.0101. The van der Waals surface area contributed by atoms with E-state index >= 15 is 0 Å². The van der Waals surface area contributed by atoms with Crippen molar-refractivity contribution in [1.29, 1.82) is 0 Å². The Kier molecular flexibility index (Phi) is 13.0. The first kappa shape index (κ1) is 21.0. The lowest BCUT2D eigenvalue weighted by atomic mass is 10.0. The molecule has 0 aliphatic carbocycles. The molecule has 1 atom stereocenters. The number of allylic oxidation sites excluding steroid dienone is 2. The maximum absolute atomic E-state index is 11.9. The molecule has 0 aromatic carbocycles. The summed E-state index contributed by atoms with van der Waals surface area (Å²) >= 11 is 0. The van der Waals surface area contributed by atoms with E-state index in [4.69, 9.17) is 0 Å². The Labute approximate surface area is 136 Å². The minimum atomic E-state index is -0.0101. The standard InChI is InChI=1S/C18H34N2O2/c1-15(2)9-7-5-6-8-10-16(3)18(22)12-14-20-19-13-11-17(4)21/h8,10,15-16,19-20H,5-7,9,11-14H2,1-4H3/b10-8+. The van der Waals surface area contributed by atoms with Crippen molar-refractivity contribution >= 4 is 11.6 Å². The molecule has 0 heterocycles. The van der Waals surface area contributed by atoms with Crippen molar-refractivity contribution in [3.63, 3.8) is 0 Å². The van der Waals surface area contributed by atoms with Crippen molar-refractivity contribution in [1.82, 2.24) is 10.9 Å². The van der Waals surface area contributed by atoms with Crippen LogP contribution in [-0.2, 0) is 9.59 Å². The zero-order chi connectivity index (χ0) is 16.8. The number of hydrogen-bond acceptors (Lipinski definition) is 4. The fraction of sp³-hybridized carbons (Fsp3) is 0.778. The Morgan fingerprint density at radius 2 is 1.64 bits per heavy atom. The molecule has 2 N–H and O–H groups in total. The second-order valence-corrected chi connectivity index (χ2v) is 6.42. The number of Topliss-reactive ketones (excluding diaryl/α,β-unsaturated/α-hetero) is 2. The second-order valence-electron chi connectivity index (χ2n) is 6.42. The third-order valence-electron chi connectivity index (χ3n) is 3.56. The molecule has 1 unspecified atom stereocenters. The molecule has 0 amide bonds. The van der Waals surface area contributed by atoms with E-state index in [0.29, 0.717) is 25.9 Å². The largest absolute Gasteiger partial charge is 0.300 e. The van der Waals surface area contributed by atoms with E-state index in [9.17, 15) is 9.59 Å². The van der Waals surface area contributed by atoms with Gasteiger partial charge in [-0.3, -0.25) is 20.4 Å². The van der Waals surface area contributed by atoms with E-state index in [0.717, 1.165) is 12.3 Å². The summed E-state index contributed by atoms with van der Waals surface area (Å²) in [6, 6.07) is 0. The highest BCUT2D eigenvalue weighted by Gasteiger charge is 2.08. The normalized spacial score (nSPS) is 13.0. The maximum Gasteiger partial charge on any atom is 0.140 e. The van der Waals surface area contributed by atoms with Gasteiger partial charge >= 0.3 is 0 Å². The molecule has 0 aliphatic heterocycles. The van der Waals surface area contributed by atoms with Gasteiger partial charge in [0.1, 0.15) is 11.6 Å². The first-order valence-corrected chi connectivity index (χ1v) is 8.58. The molecular weight excluding hydrogens is 276 g/mol. The third kappa shape index (κ3) is 14.0. The van der Waals surface area contributed by atoms with Crippen molar-refractivity contribution in [3.8, 4) is 0 Å². The average Bonchev–Trinajstić information content (AvgIpc) is 2.45. The average molecular weight is 310 g/mol. The smallest absolute Gasteiger partial charge is 0.140 e. The molecule has 0 aromatic rings. The predicted octanol–water partition coefficient (Wildman–Crippen LogP) is 3.43. The van der Waals surface area contributed by atoms with Crippen LogP contribution in [0.5, 0.6) is 0 Å². The van der Waals surface area contributed by atoms with Crippen LogP contribution in [0.15, 0.2) is 12.2 Å². The summed E-state index contributed by atoms with van der Waals surface area (Å²) in [6.45, 7) is 9.23. The lowest BCUT2D eigenvalue weighted by Gasteiger charge is -2.08. The number of hydrazine groups is 1. The monoisotopic (exact) mass is 310 g/mol. The van der Waals surface area contributed by atoms with Crippen molar-refractivity contribution in [3.05, 3.63) is 12.2 Å². The number of carbonyl (C=O) groups is 2. The molecule has 0 aliphatic rings. The lowest BCUT2D eigenvalue weighted by molar-refractivity contribution is -0.121. The van der Waals surface area contributed by atoms with E-state index in [1.807, 2.05) is 13.0 Å². The summed E-state index contributed by atoms with van der Waals surface area (Å²) in [5.41, 5.74) is 5.92. The van der Waals surface area contributed by atoms with Crippen LogP contribution in [0, 0.1) is 11.8 Å². The SMILES string of the molecule is CC(=O)CCNNCCC(=O)C(C)/C=C/CCCCC(C)C. The zero-order valence-electron chi connectivity index (χ0n) is 14.8. The Morgan fingerprint density at radius 1 is 1.00 bits per heavy atom. The molecule has 0 spiro atoms. The van der Waals surface area contributed by atoms with Gasteiger partial charge in [-0.2, -0.15) is 0 Å². The summed E-state index contributed by atoms with van der Waals surface area (Å²) in [4.78, 5) is 22.7. The summed E-state index contributed by atoms with van der Waals surface area (Å²) in [7, 11) is 0. The van der Waals surface area contributed by atoms with Gasteiger partial charge in [0.15, 0.2) is 0 Å². The van der Waals surface area contributed by atoms with Crippen LogP contribution in [0.4, 0.5) is 0 Å². The summed E-state index contributed by atoms with van der Waals surface area (Å²) in [5.74, 6) is 1.18. The summed E-state index contributed by atoms with van der Waals surface area (Å²) in [6.07, 6.45) is 10.0. The minimum Gasteiger partial charge on any atom is -0.300 e. The number of unbranched alkanes of at least 4 members (excludes halogenated alkanes) is 2. The van der Waals surface area contributed by atoms with Crippen LogP contribution in [-0.4, -0.2) is 24.7 Å². The molecule has 0 radical (unpaired) electrons. The van der Waals surface area contributed by atoms with E-state index in [1.54, 1.807) is 6.92 Å². The van der Waals surface area contributed by atoms with E-state index in [2.05, 4.69) is 30.8 Å². The molecule has 0 aromatic heterocycles. The topological polar surface area (TPSA) is 58.2 Å². The van der Waals surface area contributed by atoms with Gasteiger partial charge in [0.25, 0.3) is 0 Å². The molecule has 0 rings (SSSR count). The highest BCUT2D eigenvalue weighted by Crippen LogP contribution is 2.09. The van der Waals surface area contributed by atoms with Crippen molar-refractivity contribution in [2.75, 3.05) is 13.1 Å². The lowest BCUT2D eigenvalue weighted by Crippen LogP contribution is -2.35. The van der Waals surface area contributed by atoms with Crippen LogP contribution in [0.25, 0.3) is 0 Å². The van der Waals surface area contributed by atoms with Gasteiger partial charge in [-0.1, -0.05) is 45.8 Å². The highest BCUT2D eigenvalue weighted by atomic mass is 16.1. The fourth-order valence-corrected chi connectivity index (χ4v) is 2.05. The van der Waals surface area contributed by atoms with E-state index in [1.165, 1.54) is 19.3 Å². The second kappa shape index (κ2) is 13.6. The first-order valence-electron chi connectivity index (χ1n) is 8.58. The van der Waals surface area contributed by atoms with E-state index in [-0.39, 0.29) is 17.5 Å². The van der Waals surface area contributed by atoms with Gasteiger partial charge in [0.05, 0.1) is 0 Å². The highest BCUT2D eigenvalue weighted by molar-refractivity contribution is 5.82. The van der Waals surface area contributed by atoms with Crippen LogP contribution in [0.2, 0.25) is 0 Å². The molecule has 4 nitrogen and oxygen atoms in total. The number of nitrogens with one attached hydrogen (secondary N) is 2. The Morgan fingerprint density at radius 3 is 2.23 bits per heavy atom. The molecule has 0 saturated carbocycles. The molecule has 4 heteroatoms. The molecule has 0 fully saturated rings. The number of rotatable bonds is 14. The quantitative estimate of drug-likeness (QED) is 0.293. The van der Waals surface area contributed by atoms with Crippen LogP contribution in [0.3, 0.4) is 0 Å². The summed E-state index contributed by atoms with van der Waals surface area (Å²) < 4.78 is 0. The van der Waals surface area contributed by atoms with Crippen LogP contribution in [0.1, 0.15) is 66.2 Å². The van der Waals surface area contributed by atoms with Crippen LogP contribution < -0.4 is 10.9 Å². The molecular formula is C18H34N2O2. The Bertz CT molecular complexity index is 338. The third-order valence-corrected chi connectivity index (χ3v) is 3.56. The number of hydrogen-bond donors (Lipinski definition) is 2. The predicted molar refractivity (Wildman–Crippen MR) is 92.5 cm³/mol. The molecule has 0 bridgehead atoms. The van der Waals surface area contributed by atoms with Crippen molar-refractivity contribution in [2.45, 2.75) is 66.2 Å². The first-order chi connectivity index (χ1) is 10.4. The summed E-state index contributed by atoms with van der Waals surface area (Å²) in [5, 5.41) is 0. The Hall–Kier alpha value is -1.00. The van der Waals surface area contributed by atoms with Crippen molar-refractivity contribution in [2.24, 2.45) is 11.8 Å². The van der Waals surface area contributed by atoms with Gasteiger partial charge in [0.2, 0.25) is 0 Å². The van der Waals surface area contributed by atoms with E-state index < -0.39 is 0 Å². The fourth-order valence-electron chi connectivity index (χ4n) is 2.05. The Balaban J connectivity index is 3.59. The molecule has 0 saturated heterocycles.